The van der Waals surface area contributed by atoms with Crippen LogP contribution in [0.2, 0.25) is 0 Å². The molecule has 7 nitrogen and oxygen atoms in total. The van der Waals surface area contributed by atoms with Crippen LogP contribution in [-0.2, 0) is 4.79 Å². The van der Waals surface area contributed by atoms with E-state index >= 15 is 0 Å². The number of aromatic nitrogens is 1. The predicted molar refractivity (Wildman–Crippen MR) is 69.6 cm³/mol. The van der Waals surface area contributed by atoms with Crippen molar-refractivity contribution in [3.05, 3.63) is 34.0 Å². The molecule has 1 aromatic rings. The topological polar surface area (TPSA) is 114 Å². The van der Waals surface area contributed by atoms with E-state index in [9.17, 15) is 25.1 Å². The van der Waals surface area contributed by atoms with E-state index in [1.54, 1.807) is 0 Å². The van der Waals surface area contributed by atoms with Crippen molar-refractivity contribution in [2.24, 2.45) is 0 Å². The molecule has 0 bridgehead atoms. The molecule has 0 aliphatic rings. The highest BCUT2D eigenvalue weighted by atomic mass is 32.2. The summed E-state index contributed by atoms with van der Waals surface area (Å²) in [5, 5.41) is 30.3. The molecule has 1 rings (SSSR count). The number of pyridine rings is 1. The molecular formula is C11H14N2O5S. The molecule has 2 unspecified atom stereocenters. The van der Waals surface area contributed by atoms with Crippen molar-refractivity contribution in [2.75, 3.05) is 5.75 Å². The van der Waals surface area contributed by atoms with Crippen molar-refractivity contribution in [1.29, 1.82) is 0 Å². The van der Waals surface area contributed by atoms with Crippen LogP contribution in [0.3, 0.4) is 0 Å². The third-order valence-corrected chi connectivity index (χ3v) is 3.24. The van der Waals surface area contributed by atoms with Gasteiger partial charge in [0, 0.05) is 12.7 Å². The molecule has 0 aliphatic heterocycles. The number of rotatable bonds is 6. The van der Waals surface area contributed by atoms with E-state index in [1.807, 2.05) is 0 Å². The number of nitrogens with zero attached hydrogens (tertiary/aromatic N) is 2. The Labute approximate surface area is 113 Å². The van der Waals surface area contributed by atoms with E-state index in [2.05, 4.69) is 4.98 Å². The first-order chi connectivity index (χ1) is 8.93. The second-order valence-corrected chi connectivity index (χ2v) is 5.09. The van der Waals surface area contributed by atoms with Gasteiger partial charge in [-0.05, 0) is 28.5 Å². The highest BCUT2D eigenvalue weighted by Crippen LogP contribution is 2.26. The van der Waals surface area contributed by atoms with Gasteiger partial charge in [-0.25, -0.2) is 0 Å². The number of thioether (sulfide) groups is 1. The summed E-state index contributed by atoms with van der Waals surface area (Å²) in [7, 11) is 0. The lowest BCUT2D eigenvalue weighted by molar-refractivity contribution is -0.391. The molecule has 8 heteroatoms. The summed E-state index contributed by atoms with van der Waals surface area (Å²) in [6.45, 7) is 1.40. The largest absolute Gasteiger partial charge is 0.390 e. The Kier molecular flexibility index (Phi) is 5.87. The molecule has 1 aromatic heterocycles. The smallest absolute Gasteiger partial charge is 0.369 e. The maximum atomic E-state index is 10.8. The molecule has 2 N–H and O–H groups in total. The van der Waals surface area contributed by atoms with Crippen LogP contribution < -0.4 is 0 Å². The fourth-order valence-electron chi connectivity index (χ4n) is 1.48. The molecule has 0 fully saturated rings. The second-order valence-electron chi connectivity index (χ2n) is 3.81. The van der Waals surface area contributed by atoms with Gasteiger partial charge in [-0.15, -0.1) is 0 Å². The number of carbonyl (C=O) groups is 1. The average Bonchev–Trinajstić information content (AvgIpc) is 2.37. The lowest BCUT2D eigenvalue weighted by Gasteiger charge is -2.17. The Hall–Kier alpha value is -1.51. The van der Waals surface area contributed by atoms with Gasteiger partial charge >= 0.3 is 5.82 Å². The number of aliphatic hydroxyl groups is 2. The number of carbonyl (C=O) groups excluding carboxylic acids is 1. The first kappa shape index (κ1) is 15.5. The van der Waals surface area contributed by atoms with Crippen molar-refractivity contribution in [3.63, 3.8) is 0 Å². The van der Waals surface area contributed by atoms with Gasteiger partial charge in [0.2, 0.25) is 0 Å². The molecule has 2 atom stereocenters. The minimum absolute atomic E-state index is 0.0344. The Morgan fingerprint density at radius 2 is 2.26 bits per heavy atom. The van der Waals surface area contributed by atoms with Crippen LogP contribution in [0, 0.1) is 10.1 Å². The summed E-state index contributed by atoms with van der Waals surface area (Å²) in [5.41, 5.74) is -0.0344. The molecule has 0 saturated carbocycles. The average molecular weight is 286 g/mol. The maximum Gasteiger partial charge on any atom is 0.369 e. The van der Waals surface area contributed by atoms with Crippen LogP contribution >= 0.6 is 11.8 Å². The van der Waals surface area contributed by atoms with E-state index in [-0.39, 0.29) is 17.1 Å². The third kappa shape index (κ3) is 4.58. The van der Waals surface area contributed by atoms with Crippen molar-refractivity contribution in [1.82, 2.24) is 4.98 Å². The van der Waals surface area contributed by atoms with Crippen molar-refractivity contribution >= 4 is 22.7 Å². The lowest BCUT2D eigenvalue weighted by Crippen LogP contribution is -2.20. The van der Waals surface area contributed by atoms with Crippen LogP contribution in [0.1, 0.15) is 25.0 Å². The molecule has 19 heavy (non-hydrogen) atoms. The number of nitro groups is 1. The molecule has 1 heterocycles. The van der Waals surface area contributed by atoms with Gasteiger partial charge in [0.25, 0.3) is 0 Å². The highest BCUT2D eigenvalue weighted by Gasteiger charge is 2.26. The van der Waals surface area contributed by atoms with E-state index in [4.69, 9.17) is 0 Å². The monoisotopic (exact) mass is 286 g/mol. The first-order valence-corrected chi connectivity index (χ1v) is 6.51. The van der Waals surface area contributed by atoms with Crippen molar-refractivity contribution in [2.45, 2.75) is 25.6 Å². The Bertz CT molecular complexity index is 468. The molecule has 104 valence electrons. The van der Waals surface area contributed by atoms with Gasteiger partial charge in [0.05, 0.1) is 11.7 Å². The van der Waals surface area contributed by atoms with Gasteiger partial charge in [0.15, 0.2) is 5.12 Å². The molecule has 0 radical (unpaired) electrons. The normalized spacial score (nSPS) is 13.8. The minimum atomic E-state index is -1.40. The second kappa shape index (κ2) is 7.17. The van der Waals surface area contributed by atoms with Crippen molar-refractivity contribution in [3.8, 4) is 0 Å². The van der Waals surface area contributed by atoms with Crippen molar-refractivity contribution < 1.29 is 19.9 Å². The summed E-state index contributed by atoms with van der Waals surface area (Å²) in [5.74, 6) is -0.144. The van der Waals surface area contributed by atoms with Gasteiger partial charge in [-0.3, -0.25) is 4.79 Å². The lowest BCUT2D eigenvalue weighted by atomic mass is 10.0. The summed E-state index contributed by atoms with van der Waals surface area (Å²) in [6.07, 6.45) is -1.19. The van der Waals surface area contributed by atoms with Crippen LogP contribution in [0.15, 0.2) is 18.3 Å². The molecule has 0 aliphatic carbocycles. The predicted octanol–water partition coefficient (Wildman–Crippen LogP) is 1.05. The van der Waals surface area contributed by atoms with Gasteiger partial charge in [-0.2, -0.15) is 0 Å². The third-order valence-electron chi connectivity index (χ3n) is 2.39. The molecule has 0 spiro atoms. The van der Waals surface area contributed by atoms with E-state index in [0.717, 1.165) is 11.8 Å². The summed E-state index contributed by atoms with van der Waals surface area (Å²) >= 11 is 1.02. The fourth-order valence-corrected chi connectivity index (χ4v) is 2.13. The van der Waals surface area contributed by atoms with E-state index in [1.165, 1.54) is 25.3 Å². The van der Waals surface area contributed by atoms with E-state index < -0.39 is 22.9 Å². The quantitative estimate of drug-likeness (QED) is 0.593. The summed E-state index contributed by atoms with van der Waals surface area (Å²) in [6, 6.07) is 2.79. The SMILES string of the molecule is CC(=O)SCCC(O)C(O)c1cccnc1[N+](=O)[O-]. The first-order valence-electron chi connectivity index (χ1n) is 5.52. The highest BCUT2D eigenvalue weighted by molar-refractivity contribution is 8.13. The molecule has 0 amide bonds. The number of hydrogen-bond acceptors (Lipinski definition) is 7. The molecular weight excluding hydrogens is 272 g/mol. The summed E-state index contributed by atoms with van der Waals surface area (Å²) < 4.78 is 0. The standard InChI is InChI=1S/C11H14N2O5S/c1-7(14)19-6-4-9(15)10(16)8-3-2-5-12-11(8)13(17)18/h2-3,5,9-10,15-16H,4,6H2,1H3. The molecule has 0 saturated heterocycles. The Morgan fingerprint density at radius 1 is 1.58 bits per heavy atom. The Balaban J connectivity index is 2.73. The number of aliphatic hydroxyl groups excluding tert-OH is 2. The Morgan fingerprint density at radius 3 is 2.84 bits per heavy atom. The zero-order valence-electron chi connectivity index (χ0n) is 10.2. The van der Waals surface area contributed by atoms with Gasteiger partial charge < -0.3 is 20.3 Å². The van der Waals surface area contributed by atoms with Gasteiger partial charge in [-0.1, -0.05) is 11.8 Å². The van der Waals surface area contributed by atoms with Gasteiger partial charge in [0.1, 0.15) is 12.3 Å². The minimum Gasteiger partial charge on any atom is -0.390 e. The zero-order valence-corrected chi connectivity index (χ0v) is 11.0. The van der Waals surface area contributed by atoms with Crippen LogP contribution in [-0.4, -0.2) is 37.1 Å². The van der Waals surface area contributed by atoms with Crippen LogP contribution in [0.5, 0.6) is 0 Å². The zero-order chi connectivity index (χ0) is 14.4. The maximum absolute atomic E-state index is 10.8. The fraction of sp³-hybridized carbons (Fsp3) is 0.455. The molecule has 0 aromatic carbocycles. The van der Waals surface area contributed by atoms with Crippen LogP contribution in [0.4, 0.5) is 5.82 Å². The summed E-state index contributed by atoms with van der Waals surface area (Å²) in [4.78, 5) is 24.3. The van der Waals surface area contributed by atoms with Crippen LogP contribution in [0.25, 0.3) is 0 Å². The number of hydrogen-bond donors (Lipinski definition) is 2. The van der Waals surface area contributed by atoms with E-state index in [0.29, 0.717) is 5.75 Å².